The van der Waals surface area contributed by atoms with E-state index in [0.717, 1.165) is 21.7 Å². The van der Waals surface area contributed by atoms with Crippen LogP contribution in [0.4, 0.5) is 0 Å². The Bertz CT molecular complexity index is 995. The molecule has 1 amide bonds. The number of amides is 1. The molecule has 3 heterocycles. The second kappa shape index (κ2) is 7.62. The molecule has 10 heteroatoms. The lowest BCUT2D eigenvalue weighted by Crippen LogP contribution is -2.34. The molecule has 0 bridgehead atoms. The lowest BCUT2D eigenvalue weighted by molar-refractivity contribution is -0.121. The number of rotatable bonds is 6. The minimum absolute atomic E-state index is 0.175. The smallest absolute Gasteiger partial charge is 0.369 e. The Morgan fingerprint density at radius 1 is 1.19 bits per heavy atom. The fourth-order valence-corrected chi connectivity index (χ4v) is 3.35. The Balaban J connectivity index is 1.31. The maximum atomic E-state index is 12.2. The van der Waals surface area contributed by atoms with Gasteiger partial charge in [0.25, 0.3) is 0 Å². The zero-order chi connectivity index (χ0) is 18.6. The number of ether oxygens (including phenoxy) is 2. The van der Waals surface area contributed by atoms with Crippen LogP contribution in [0.3, 0.4) is 0 Å². The van der Waals surface area contributed by atoms with Gasteiger partial charge in [-0.2, -0.15) is 9.36 Å². The van der Waals surface area contributed by atoms with Crippen LogP contribution in [0.15, 0.2) is 40.5 Å². The summed E-state index contributed by atoms with van der Waals surface area (Å²) in [4.78, 5) is 24.3. The van der Waals surface area contributed by atoms with Gasteiger partial charge in [0.05, 0.1) is 0 Å². The number of hydrogen-bond acceptors (Lipinski definition) is 7. The SMILES string of the molecule is O=C(Cn1nnn(-c2cccs2)c1=O)NCCc1ccc2c(c1)OCCO2. The summed E-state index contributed by atoms with van der Waals surface area (Å²) in [7, 11) is 0. The van der Waals surface area contributed by atoms with Crippen LogP contribution >= 0.6 is 11.3 Å². The normalized spacial score (nSPS) is 12.7. The number of thiophene rings is 1. The summed E-state index contributed by atoms with van der Waals surface area (Å²) in [6.07, 6.45) is 0.638. The van der Waals surface area contributed by atoms with Gasteiger partial charge in [0.15, 0.2) is 11.5 Å². The van der Waals surface area contributed by atoms with Crippen molar-refractivity contribution in [2.75, 3.05) is 19.8 Å². The molecule has 3 aromatic rings. The lowest BCUT2D eigenvalue weighted by atomic mass is 10.1. The van der Waals surface area contributed by atoms with Crippen molar-refractivity contribution in [3.05, 3.63) is 51.8 Å². The second-order valence-electron chi connectivity index (χ2n) is 5.86. The molecular formula is C17H17N5O4S. The minimum Gasteiger partial charge on any atom is -0.486 e. The van der Waals surface area contributed by atoms with Crippen molar-refractivity contribution in [1.82, 2.24) is 25.1 Å². The number of carbonyl (C=O) groups is 1. The molecule has 4 rings (SSSR count). The number of carbonyl (C=O) groups excluding carboxylic acids is 1. The quantitative estimate of drug-likeness (QED) is 0.666. The maximum Gasteiger partial charge on any atom is 0.369 e. The Morgan fingerprint density at radius 3 is 2.85 bits per heavy atom. The number of aromatic nitrogens is 4. The van der Waals surface area contributed by atoms with Crippen molar-refractivity contribution < 1.29 is 14.3 Å². The molecule has 0 aliphatic carbocycles. The van der Waals surface area contributed by atoms with Gasteiger partial charge in [0, 0.05) is 6.54 Å². The van der Waals surface area contributed by atoms with E-state index in [1.54, 1.807) is 6.07 Å². The van der Waals surface area contributed by atoms with Crippen LogP contribution in [0.1, 0.15) is 5.56 Å². The highest BCUT2D eigenvalue weighted by atomic mass is 32.1. The number of nitrogens with one attached hydrogen (secondary N) is 1. The van der Waals surface area contributed by atoms with E-state index in [9.17, 15) is 9.59 Å². The summed E-state index contributed by atoms with van der Waals surface area (Å²) in [5.74, 6) is 1.16. The highest BCUT2D eigenvalue weighted by Gasteiger charge is 2.14. The first kappa shape index (κ1) is 17.3. The number of nitrogens with zero attached hydrogens (tertiary/aromatic N) is 4. The number of tetrazole rings is 1. The molecule has 0 spiro atoms. The van der Waals surface area contributed by atoms with Crippen LogP contribution in [0.25, 0.3) is 5.00 Å². The molecule has 0 fully saturated rings. The monoisotopic (exact) mass is 387 g/mol. The standard InChI is InChI=1S/C17H17N5O4S/c23-15(11-21-17(24)22(20-19-21)16-2-1-9-27-16)18-6-5-12-3-4-13-14(10-12)26-8-7-25-13/h1-4,9-10H,5-8,11H2,(H,18,23). The van der Waals surface area contributed by atoms with Crippen molar-refractivity contribution in [2.24, 2.45) is 0 Å². The summed E-state index contributed by atoms with van der Waals surface area (Å²) >= 11 is 1.37. The van der Waals surface area contributed by atoms with Crippen molar-refractivity contribution in [3.8, 4) is 16.5 Å². The summed E-state index contributed by atoms with van der Waals surface area (Å²) < 4.78 is 13.3. The van der Waals surface area contributed by atoms with E-state index in [0.29, 0.717) is 31.2 Å². The molecule has 1 N–H and O–H groups in total. The first-order valence-corrected chi connectivity index (χ1v) is 9.30. The van der Waals surface area contributed by atoms with Gasteiger partial charge in [-0.05, 0) is 52.1 Å². The van der Waals surface area contributed by atoms with Crippen molar-refractivity contribution in [2.45, 2.75) is 13.0 Å². The van der Waals surface area contributed by atoms with Crippen LogP contribution < -0.4 is 20.5 Å². The fraction of sp³-hybridized carbons (Fsp3) is 0.294. The molecule has 0 saturated heterocycles. The van der Waals surface area contributed by atoms with E-state index < -0.39 is 5.69 Å². The molecule has 9 nitrogen and oxygen atoms in total. The van der Waals surface area contributed by atoms with E-state index in [1.165, 1.54) is 16.0 Å². The number of fused-ring (bicyclic) bond motifs is 1. The highest BCUT2D eigenvalue weighted by molar-refractivity contribution is 7.12. The van der Waals surface area contributed by atoms with Gasteiger partial charge in [-0.25, -0.2) is 4.79 Å². The van der Waals surface area contributed by atoms with E-state index in [-0.39, 0.29) is 12.5 Å². The van der Waals surface area contributed by atoms with Crippen molar-refractivity contribution in [3.63, 3.8) is 0 Å². The third-order valence-corrected chi connectivity index (χ3v) is 4.83. The summed E-state index contributed by atoms with van der Waals surface area (Å²) in [5, 5.41) is 12.8. The predicted molar refractivity (Wildman–Crippen MR) is 97.6 cm³/mol. The van der Waals surface area contributed by atoms with Crippen molar-refractivity contribution in [1.29, 1.82) is 0 Å². The first-order valence-electron chi connectivity index (χ1n) is 8.42. The minimum atomic E-state index is -0.445. The zero-order valence-corrected chi connectivity index (χ0v) is 15.1. The molecule has 1 aromatic carbocycles. The second-order valence-corrected chi connectivity index (χ2v) is 6.79. The molecule has 0 radical (unpaired) electrons. The average Bonchev–Trinajstić information content (AvgIpc) is 3.32. The average molecular weight is 387 g/mol. The van der Waals surface area contributed by atoms with Gasteiger partial charge in [0.1, 0.15) is 24.8 Å². The van der Waals surface area contributed by atoms with Gasteiger partial charge >= 0.3 is 5.69 Å². The van der Waals surface area contributed by atoms with Gasteiger partial charge in [-0.1, -0.05) is 6.07 Å². The third kappa shape index (κ3) is 3.85. The maximum absolute atomic E-state index is 12.2. The molecular weight excluding hydrogens is 370 g/mol. The zero-order valence-electron chi connectivity index (χ0n) is 14.3. The molecule has 27 heavy (non-hydrogen) atoms. The van der Waals surface area contributed by atoms with Gasteiger partial charge in [-0.3, -0.25) is 4.79 Å². The third-order valence-electron chi connectivity index (χ3n) is 3.99. The molecule has 0 atom stereocenters. The van der Waals surface area contributed by atoms with E-state index in [4.69, 9.17) is 9.47 Å². The Morgan fingerprint density at radius 2 is 2.04 bits per heavy atom. The largest absolute Gasteiger partial charge is 0.486 e. The van der Waals surface area contributed by atoms with Gasteiger partial charge in [0.2, 0.25) is 5.91 Å². The van der Waals surface area contributed by atoms with Crippen LogP contribution in [-0.4, -0.2) is 45.5 Å². The molecule has 0 saturated carbocycles. The highest BCUT2D eigenvalue weighted by Crippen LogP contribution is 2.30. The van der Waals surface area contributed by atoms with Crippen LogP contribution in [0.5, 0.6) is 11.5 Å². The molecule has 2 aromatic heterocycles. The van der Waals surface area contributed by atoms with Crippen LogP contribution in [0.2, 0.25) is 0 Å². The first-order chi connectivity index (χ1) is 13.2. The van der Waals surface area contributed by atoms with E-state index in [1.807, 2.05) is 29.6 Å². The van der Waals surface area contributed by atoms with Gasteiger partial charge in [-0.15, -0.1) is 11.3 Å². The topological polar surface area (TPSA) is 100 Å². The lowest BCUT2D eigenvalue weighted by Gasteiger charge is -2.18. The Kier molecular flexibility index (Phi) is 4.88. The van der Waals surface area contributed by atoms with Crippen LogP contribution in [0, 0.1) is 0 Å². The number of hydrogen-bond donors (Lipinski definition) is 1. The summed E-state index contributed by atoms with van der Waals surface area (Å²) in [6, 6.07) is 9.30. The Labute approximate surface area is 158 Å². The number of benzene rings is 1. The van der Waals surface area contributed by atoms with E-state index in [2.05, 4.69) is 15.7 Å². The Hall–Kier alpha value is -3.14. The fourth-order valence-electron chi connectivity index (χ4n) is 2.68. The summed E-state index contributed by atoms with van der Waals surface area (Å²) in [5.41, 5.74) is 0.583. The summed E-state index contributed by atoms with van der Waals surface area (Å²) in [6.45, 7) is 1.35. The van der Waals surface area contributed by atoms with Gasteiger partial charge < -0.3 is 14.8 Å². The van der Waals surface area contributed by atoms with Crippen LogP contribution in [-0.2, 0) is 17.8 Å². The van der Waals surface area contributed by atoms with Crippen molar-refractivity contribution >= 4 is 17.2 Å². The predicted octanol–water partition coefficient (Wildman–Crippen LogP) is 0.621. The molecule has 0 unspecified atom stereocenters. The molecule has 1 aliphatic rings. The molecule has 140 valence electrons. The van der Waals surface area contributed by atoms with E-state index >= 15 is 0 Å². The molecule has 1 aliphatic heterocycles.